The fraction of sp³-hybridized carbons (Fsp3) is 0.750. The van der Waals surface area contributed by atoms with Crippen molar-refractivity contribution in [1.29, 1.82) is 0 Å². The lowest BCUT2D eigenvalue weighted by atomic mass is 9.68. The highest BCUT2D eigenvalue weighted by atomic mass is 16.6. The van der Waals surface area contributed by atoms with Crippen LogP contribution in [0.3, 0.4) is 0 Å². The van der Waals surface area contributed by atoms with E-state index in [1.165, 1.54) is 13.8 Å². The number of hydrogen-bond donors (Lipinski definition) is 1. The summed E-state index contributed by atoms with van der Waals surface area (Å²) < 4.78 is 11.6. The van der Waals surface area contributed by atoms with E-state index < -0.39 is 11.7 Å². The zero-order chi connectivity index (χ0) is 22.0. The van der Waals surface area contributed by atoms with Gasteiger partial charge in [0, 0.05) is 32.1 Å². The molecule has 1 N–H and O–H groups in total. The Bertz CT molecular complexity index is 677. The van der Waals surface area contributed by atoms with Crippen molar-refractivity contribution < 1.29 is 24.2 Å². The van der Waals surface area contributed by atoms with Gasteiger partial charge >= 0.3 is 11.9 Å². The molecule has 2 rings (SSSR count). The number of esters is 2. The normalized spacial score (nSPS) is 35.9. The van der Waals surface area contributed by atoms with E-state index in [0.29, 0.717) is 12.8 Å². The maximum Gasteiger partial charge on any atom is 0.303 e. The van der Waals surface area contributed by atoms with Crippen LogP contribution in [0.2, 0.25) is 0 Å². The van der Waals surface area contributed by atoms with Crippen LogP contribution in [-0.4, -0.2) is 34.9 Å². The first kappa shape index (κ1) is 23.7. The molecule has 6 unspecified atom stereocenters. The number of fused-ring (bicyclic) bond motifs is 1. The summed E-state index contributed by atoms with van der Waals surface area (Å²) >= 11 is 0. The van der Waals surface area contributed by atoms with Gasteiger partial charge in [-0.15, -0.1) is 0 Å². The maximum absolute atomic E-state index is 12.0. The molecule has 164 valence electrons. The molecule has 0 amide bonds. The summed E-state index contributed by atoms with van der Waals surface area (Å²) in [6.07, 6.45) is 8.48. The number of allylic oxidation sites excluding steroid dienone is 2. The molecule has 0 aromatic rings. The molecule has 1 saturated carbocycles. The van der Waals surface area contributed by atoms with Gasteiger partial charge in [0.25, 0.3) is 0 Å². The predicted octanol–water partition coefficient (Wildman–Crippen LogP) is 4.59. The Morgan fingerprint density at radius 2 is 1.90 bits per heavy atom. The lowest BCUT2D eigenvalue weighted by Crippen LogP contribution is -2.46. The Kier molecular flexibility index (Phi) is 7.37. The Balaban J connectivity index is 2.55. The SMILES string of the molecule is CC(=O)OC1CC(C)=CC(O)CC(C)C=CC2(C)CCC(C(C)(C)OC(C)=O)C12. The van der Waals surface area contributed by atoms with Crippen LogP contribution in [0.5, 0.6) is 0 Å². The van der Waals surface area contributed by atoms with Crippen LogP contribution in [0, 0.1) is 23.2 Å². The van der Waals surface area contributed by atoms with Gasteiger partial charge in [0.05, 0.1) is 6.10 Å². The van der Waals surface area contributed by atoms with Crippen molar-refractivity contribution in [2.24, 2.45) is 23.2 Å². The van der Waals surface area contributed by atoms with Gasteiger partial charge in [-0.1, -0.05) is 37.6 Å². The molecule has 0 spiro atoms. The Labute approximate surface area is 175 Å². The van der Waals surface area contributed by atoms with Crippen molar-refractivity contribution in [3.8, 4) is 0 Å². The first-order valence-electron chi connectivity index (χ1n) is 10.8. The van der Waals surface area contributed by atoms with Crippen LogP contribution in [-0.2, 0) is 19.1 Å². The standard InChI is InChI=1S/C24H38O5/c1-15-8-10-24(7)11-9-20(23(5,6)29-18(4)26)22(24)21(28-17(3)25)14-16(2)13-19(27)12-15/h8,10,13,15,19-22,27H,9,11-12,14H2,1-7H3. The van der Waals surface area contributed by atoms with E-state index >= 15 is 0 Å². The predicted molar refractivity (Wildman–Crippen MR) is 113 cm³/mol. The van der Waals surface area contributed by atoms with E-state index in [2.05, 4.69) is 26.0 Å². The third-order valence-electron chi connectivity index (χ3n) is 6.63. The third kappa shape index (κ3) is 5.94. The molecule has 2 aliphatic rings. The van der Waals surface area contributed by atoms with Gasteiger partial charge in [-0.2, -0.15) is 0 Å². The smallest absolute Gasteiger partial charge is 0.303 e. The van der Waals surface area contributed by atoms with E-state index in [9.17, 15) is 14.7 Å². The molecule has 0 aromatic carbocycles. The van der Waals surface area contributed by atoms with Crippen LogP contribution >= 0.6 is 0 Å². The first-order chi connectivity index (χ1) is 13.3. The number of aliphatic hydroxyl groups excluding tert-OH is 1. The van der Waals surface area contributed by atoms with Gasteiger partial charge < -0.3 is 14.6 Å². The van der Waals surface area contributed by atoms with E-state index in [1.54, 1.807) is 0 Å². The summed E-state index contributed by atoms with van der Waals surface area (Å²) in [4.78, 5) is 23.7. The van der Waals surface area contributed by atoms with Crippen LogP contribution in [0.1, 0.15) is 74.1 Å². The van der Waals surface area contributed by atoms with Gasteiger partial charge in [-0.25, -0.2) is 0 Å². The molecule has 6 atom stereocenters. The highest BCUT2D eigenvalue weighted by Gasteiger charge is 2.54. The topological polar surface area (TPSA) is 72.8 Å². The molecule has 2 aliphatic carbocycles. The lowest BCUT2D eigenvalue weighted by Gasteiger charge is -2.42. The van der Waals surface area contributed by atoms with E-state index in [1.807, 2.05) is 26.8 Å². The Morgan fingerprint density at radius 3 is 2.48 bits per heavy atom. The van der Waals surface area contributed by atoms with Crippen LogP contribution < -0.4 is 0 Å². The number of aliphatic hydroxyl groups is 1. The highest BCUT2D eigenvalue weighted by molar-refractivity contribution is 5.67. The van der Waals surface area contributed by atoms with Crippen molar-refractivity contribution >= 4 is 11.9 Å². The fourth-order valence-corrected chi connectivity index (χ4v) is 5.46. The summed E-state index contributed by atoms with van der Waals surface area (Å²) in [5.74, 6) is -0.319. The summed E-state index contributed by atoms with van der Waals surface area (Å²) in [7, 11) is 0. The van der Waals surface area contributed by atoms with Crippen LogP contribution in [0.4, 0.5) is 0 Å². The van der Waals surface area contributed by atoms with Gasteiger partial charge in [-0.3, -0.25) is 9.59 Å². The van der Waals surface area contributed by atoms with Crippen LogP contribution in [0.15, 0.2) is 23.8 Å². The Hall–Kier alpha value is -1.62. The quantitative estimate of drug-likeness (QED) is 0.548. The maximum atomic E-state index is 12.0. The summed E-state index contributed by atoms with van der Waals surface area (Å²) in [6.45, 7) is 13.1. The van der Waals surface area contributed by atoms with E-state index in [0.717, 1.165) is 18.4 Å². The van der Waals surface area contributed by atoms with Crippen molar-refractivity contribution in [3.05, 3.63) is 23.8 Å². The average Bonchev–Trinajstić information content (AvgIpc) is 2.88. The second-order valence-corrected chi connectivity index (χ2v) is 9.88. The van der Waals surface area contributed by atoms with Crippen molar-refractivity contribution in [2.75, 3.05) is 0 Å². The zero-order valence-electron chi connectivity index (χ0n) is 19.0. The first-order valence-corrected chi connectivity index (χ1v) is 10.8. The van der Waals surface area contributed by atoms with Gasteiger partial charge in [0.2, 0.25) is 0 Å². The van der Waals surface area contributed by atoms with Crippen molar-refractivity contribution in [2.45, 2.75) is 92.0 Å². The van der Waals surface area contributed by atoms with Gasteiger partial charge in [0.1, 0.15) is 11.7 Å². The third-order valence-corrected chi connectivity index (χ3v) is 6.63. The minimum atomic E-state index is -0.663. The number of hydrogen-bond acceptors (Lipinski definition) is 5. The highest BCUT2D eigenvalue weighted by Crippen LogP contribution is 2.55. The summed E-state index contributed by atoms with van der Waals surface area (Å²) in [5, 5.41) is 10.4. The monoisotopic (exact) mass is 406 g/mol. The van der Waals surface area contributed by atoms with Crippen LogP contribution in [0.25, 0.3) is 0 Å². The number of carbonyl (C=O) groups is 2. The summed E-state index contributed by atoms with van der Waals surface area (Å²) in [5.41, 5.74) is 0.159. The molecular weight excluding hydrogens is 368 g/mol. The lowest BCUT2D eigenvalue weighted by molar-refractivity contribution is -0.168. The second kappa shape index (κ2) is 9.03. The molecular formula is C24H38O5. The number of rotatable bonds is 3. The van der Waals surface area contributed by atoms with Crippen molar-refractivity contribution in [1.82, 2.24) is 0 Å². The van der Waals surface area contributed by atoms with E-state index in [-0.39, 0.29) is 41.2 Å². The summed E-state index contributed by atoms with van der Waals surface area (Å²) in [6, 6.07) is 0. The van der Waals surface area contributed by atoms with E-state index in [4.69, 9.17) is 9.47 Å². The molecule has 1 fully saturated rings. The molecule has 0 saturated heterocycles. The fourth-order valence-electron chi connectivity index (χ4n) is 5.46. The van der Waals surface area contributed by atoms with Crippen molar-refractivity contribution in [3.63, 3.8) is 0 Å². The largest absolute Gasteiger partial charge is 0.462 e. The molecule has 29 heavy (non-hydrogen) atoms. The molecule has 5 heteroatoms. The number of ether oxygens (including phenoxy) is 2. The average molecular weight is 407 g/mol. The zero-order valence-corrected chi connectivity index (χ0v) is 19.0. The minimum Gasteiger partial charge on any atom is -0.462 e. The molecule has 0 bridgehead atoms. The number of carbonyl (C=O) groups excluding carboxylic acids is 2. The molecule has 0 radical (unpaired) electrons. The molecule has 5 nitrogen and oxygen atoms in total. The van der Waals surface area contributed by atoms with Gasteiger partial charge in [0.15, 0.2) is 0 Å². The molecule has 0 aromatic heterocycles. The van der Waals surface area contributed by atoms with Gasteiger partial charge in [-0.05, 0) is 51.4 Å². The molecule has 0 aliphatic heterocycles. The molecule has 0 heterocycles. The Morgan fingerprint density at radius 1 is 1.24 bits per heavy atom. The minimum absolute atomic E-state index is 0.00259. The second-order valence-electron chi connectivity index (χ2n) is 9.88.